The highest BCUT2D eigenvalue weighted by Crippen LogP contribution is 2.40. The van der Waals surface area contributed by atoms with E-state index >= 15 is 0 Å². The average Bonchev–Trinajstić information content (AvgIpc) is 2.95. The molecule has 1 aliphatic carbocycles. The van der Waals surface area contributed by atoms with Gasteiger partial charge in [-0.2, -0.15) is 0 Å². The summed E-state index contributed by atoms with van der Waals surface area (Å²) in [5, 5.41) is 18.9. The predicted molar refractivity (Wildman–Crippen MR) is 90.3 cm³/mol. The highest BCUT2D eigenvalue weighted by Gasteiger charge is 2.27. The fraction of sp³-hybridized carbons (Fsp3) is 0.789. The molecule has 1 aliphatic rings. The first-order chi connectivity index (χ1) is 10.2. The van der Waals surface area contributed by atoms with Crippen molar-refractivity contribution in [3.63, 3.8) is 0 Å². The van der Waals surface area contributed by atoms with Crippen LogP contribution in [0, 0.1) is 5.41 Å². The van der Waals surface area contributed by atoms with Gasteiger partial charge in [0.25, 0.3) is 0 Å². The minimum atomic E-state index is -0.275. The molecule has 0 aliphatic heterocycles. The summed E-state index contributed by atoms with van der Waals surface area (Å²) in [7, 11) is 0. The topological polar surface area (TPSA) is 40.5 Å². The lowest BCUT2D eigenvalue weighted by Gasteiger charge is -2.25. The molecule has 1 rings (SSSR count). The fourth-order valence-electron chi connectivity index (χ4n) is 3.10. The maximum Gasteiger partial charge on any atom is 0.0721 e. The normalized spacial score (nSPS) is 18.6. The molecule has 1 atom stereocenters. The molecule has 0 bridgehead atoms. The van der Waals surface area contributed by atoms with Crippen molar-refractivity contribution in [1.82, 2.24) is 0 Å². The van der Waals surface area contributed by atoms with Gasteiger partial charge in [-0.3, -0.25) is 0 Å². The molecule has 1 unspecified atom stereocenters. The molecule has 0 saturated heterocycles. The Hall–Kier alpha value is -0.600. The van der Waals surface area contributed by atoms with Crippen LogP contribution in [0.3, 0.4) is 0 Å². The second-order valence-electron chi connectivity index (χ2n) is 6.55. The van der Waals surface area contributed by atoms with Crippen molar-refractivity contribution in [2.24, 2.45) is 5.41 Å². The van der Waals surface area contributed by atoms with Gasteiger partial charge < -0.3 is 10.2 Å². The van der Waals surface area contributed by atoms with E-state index in [-0.39, 0.29) is 11.5 Å². The Balaban J connectivity index is 2.33. The molecule has 0 aromatic heterocycles. The number of hydrogen-bond donors (Lipinski definition) is 2. The minimum absolute atomic E-state index is 0.255. The second-order valence-corrected chi connectivity index (χ2v) is 6.55. The van der Waals surface area contributed by atoms with Crippen LogP contribution in [-0.4, -0.2) is 22.9 Å². The first kappa shape index (κ1) is 18.4. The number of hydrogen-bond acceptors (Lipinski definition) is 2. The molecule has 0 aromatic carbocycles. The van der Waals surface area contributed by atoms with Crippen LogP contribution in [-0.2, 0) is 0 Å². The molecule has 21 heavy (non-hydrogen) atoms. The molecule has 0 fully saturated rings. The summed E-state index contributed by atoms with van der Waals surface area (Å²) in [4.78, 5) is 0. The average molecular weight is 294 g/mol. The van der Waals surface area contributed by atoms with E-state index in [1.807, 2.05) is 6.08 Å². The Morgan fingerprint density at radius 1 is 1.05 bits per heavy atom. The second kappa shape index (κ2) is 11.0. The third kappa shape index (κ3) is 7.82. The summed E-state index contributed by atoms with van der Waals surface area (Å²) in [5.74, 6) is 0. The van der Waals surface area contributed by atoms with Crippen molar-refractivity contribution in [3.05, 3.63) is 24.3 Å². The molecule has 2 N–H and O–H groups in total. The highest BCUT2D eigenvalue weighted by atomic mass is 16.3. The SMILES string of the molecule is CCCCCC(O)/C=C/C1(CCCCCCO)CC=CC1. The Morgan fingerprint density at radius 3 is 2.43 bits per heavy atom. The number of rotatable bonds is 12. The van der Waals surface area contributed by atoms with Gasteiger partial charge in [-0.15, -0.1) is 0 Å². The zero-order chi connectivity index (χ0) is 15.4. The number of aliphatic hydroxyl groups excluding tert-OH is 2. The molecule has 0 radical (unpaired) electrons. The molecular formula is C19H34O2. The van der Waals surface area contributed by atoms with Gasteiger partial charge in [-0.05, 0) is 37.5 Å². The van der Waals surface area contributed by atoms with Gasteiger partial charge >= 0.3 is 0 Å². The predicted octanol–water partition coefficient (Wildman–Crippen LogP) is 4.76. The summed E-state index contributed by atoms with van der Waals surface area (Å²) >= 11 is 0. The summed E-state index contributed by atoms with van der Waals surface area (Å²) in [6.45, 7) is 2.51. The number of allylic oxidation sites excluding steroid dienone is 3. The van der Waals surface area contributed by atoms with E-state index in [0.717, 1.165) is 38.5 Å². The van der Waals surface area contributed by atoms with Gasteiger partial charge in [-0.1, -0.05) is 69.8 Å². The van der Waals surface area contributed by atoms with Gasteiger partial charge in [0.05, 0.1) is 6.10 Å². The van der Waals surface area contributed by atoms with Crippen LogP contribution in [0.15, 0.2) is 24.3 Å². The van der Waals surface area contributed by atoms with Crippen LogP contribution in [0.25, 0.3) is 0 Å². The molecule has 0 spiro atoms. The Kier molecular flexibility index (Phi) is 9.69. The van der Waals surface area contributed by atoms with E-state index in [2.05, 4.69) is 25.2 Å². The molecular weight excluding hydrogens is 260 g/mol. The van der Waals surface area contributed by atoms with E-state index in [9.17, 15) is 5.11 Å². The van der Waals surface area contributed by atoms with Gasteiger partial charge in [-0.25, -0.2) is 0 Å². The first-order valence-electron chi connectivity index (χ1n) is 8.86. The summed E-state index contributed by atoms with van der Waals surface area (Å²) in [6, 6.07) is 0. The smallest absolute Gasteiger partial charge is 0.0721 e. The lowest BCUT2D eigenvalue weighted by Crippen LogP contribution is -2.15. The summed E-state index contributed by atoms with van der Waals surface area (Å²) in [6.07, 6.45) is 20.9. The van der Waals surface area contributed by atoms with Crippen LogP contribution < -0.4 is 0 Å². The molecule has 0 saturated carbocycles. The molecule has 2 heteroatoms. The number of unbranched alkanes of at least 4 members (excludes halogenated alkanes) is 5. The summed E-state index contributed by atoms with van der Waals surface area (Å²) in [5.41, 5.74) is 0.255. The van der Waals surface area contributed by atoms with Crippen LogP contribution in [0.2, 0.25) is 0 Å². The third-order valence-corrected chi connectivity index (χ3v) is 4.57. The van der Waals surface area contributed by atoms with Gasteiger partial charge in [0.2, 0.25) is 0 Å². The standard InChI is InChI=1S/C19H34O2/c1-2-3-6-11-18(21)12-16-19(14-8-9-15-19)13-7-4-5-10-17-20/h8-9,12,16,18,20-21H,2-7,10-11,13-15,17H2,1H3/b16-12+. The molecule has 0 heterocycles. The third-order valence-electron chi connectivity index (χ3n) is 4.57. The van der Waals surface area contributed by atoms with E-state index < -0.39 is 0 Å². The zero-order valence-electron chi connectivity index (χ0n) is 13.8. The quantitative estimate of drug-likeness (QED) is 0.402. The largest absolute Gasteiger partial charge is 0.396 e. The summed E-state index contributed by atoms with van der Waals surface area (Å²) < 4.78 is 0. The Morgan fingerprint density at radius 2 is 1.76 bits per heavy atom. The molecule has 122 valence electrons. The lowest BCUT2D eigenvalue weighted by molar-refractivity contribution is 0.205. The van der Waals surface area contributed by atoms with Gasteiger partial charge in [0.15, 0.2) is 0 Å². The highest BCUT2D eigenvalue weighted by molar-refractivity contribution is 5.13. The van der Waals surface area contributed by atoms with Crippen molar-refractivity contribution < 1.29 is 10.2 Å². The van der Waals surface area contributed by atoms with Gasteiger partial charge in [0.1, 0.15) is 0 Å². The van der Waals surface area contributed by atoms with Crippen LogP contribution >= 0.6 is 0 Å². The fourth-order valence-corrected chi connectivity index (χ4v) is 3.10. The monoisotopic (exact) mass is 294 g/mol. The lowest BCUT2D eigenvalue weighted by atomic mass is 9.79. The molecule has 0 amide bonds. The van der Waals surface area contributed by atoms with Crippen molar-refractivity contribution in [2.45, 2.75) is 83.7 Å². The maximum atomic E-state index is 10.1. The van der Waals surface area contributed by atoms with E-state index in [0.29, 0.717) is 6.61 Å². The van der Waals surface area contributed by atoms with Crippen LogP contribution in [0.4, 0.5) is 0 Å². The molecule has 0 aromatic rings. The Bertz CT molecular complexity index is 299. The minimum Gasteiger partial charge on any atom is -0.396 e. The zero-order valence-corrected chi connectivity index (χ0v) is 13.8. The van der Waals surface area contributed by atoms with E-state index in [1.165, 1.54) is 32.1 Å². The van der Waals surface area contributed by atoms with Crippen LogP contribution in [0.5, 0.6) is 0 Å². The van der Waals surface area contributed by atoms with Gasteiger partial charge in [0, 0.05) is 6.61 Å². The van der Waals surface area contributed by atoms with E-state index in [1.54, 1.807) is 0 Å². The van der Waals surface area contributed by atoms with Crippen molar-refractivity contribution in [2.75, 3.05) is 6.61 Å². The van der Waals surface area contributed by atoms with Crippen molar-refractivity contribution in [1.29, 1.82) is 0 Å². The van der Waals surface area contributed by atoms with Crippen molar-refractivity contribution >= 4 is 0 Å². The van der Waals surface area contributed by atoms with Crippen molar-refractivity contribution in [3.8, 4) is 0 Å². The van der Waals surface area contributed by atoms with E-state index in [4.69, 9.17) is 5.11 Å². The first-order valence-corrected chi connectivity index (χ1v) is 8.86. The maximum absolute atomic E-state index is 10.1. The molecule has 2 nitrogen and oxygen atoms in total. The number of aliphatic hydroxyl groups is 2. The Labute approximate surface area is 131 Å². The van der Waals surface area contributed by atoms with Crippen LogP contribution in [0.1, 0.15) is 77.6 Å².